The molecule has 1 unspecified atom stereocenters. The van der Waals surface area contributed by atoms with E-state index in [1.54, 1.807) is 25.3 Å². The summed E-state index contributed by atoms with van der Waals surface area (Å²) < 4.78 is 10.7. The molecule has 1 amide bonds. The Morgan fingerprint density at radius 3 is 3.00 bits per heavy atom. The summed E-state index contributed by atoms with van der Waals surface area (Å²) in [6.07, 6.45) is 2.39. The number of pyridine rings is 1. The highest BCUT2D eigenvalue weighted by molar-refractivity contribution is 5.87. The fourth-order valence-corrected chi connectivity index (χ4v) is 2.71. The molecule has 23 heavy (non-hydrogen) atoms. The number of benzene rings is 1. The fourth-order valence-electron chi connectivity index (χ4n) is 2.71. The highest BCUT2D eigenvalue weighted by Crippen LogP contribution is 2.36. The lowest BCUT2D eigenvalue weighted by molar-refractivity contribution is -0.107. The average Bonchev–Trinajstić information content (AvgIpc) is 2.75. The van der Waals surface area contributed by atoms with E-state index < -0.39 is 0 Å². The van der Waals surface area contributed by atoms with Gasteiger partial charge in [0.1, 0.15) is 11.9 Å². The molecule has 0 spiro atoms. The number of hydrogen-bond acceptors (Lipinski definition) is 5. The first-order chi connectivity index (χ1) is 11.3. The average molecular weight is 313 g/mol. The Balaban J connectivity index is 2.03. The lowest BCUT2D eigenvalue weighted by atomic mass is 10.1. The van der Waals surface area contributed by atoms with Crippen molar-refractivity contribution in [3.63, 3.8) is 0 Å². The number of nitrogens with zero attached hydrogens (tertiary/aromatic N) is 2. The van der Waals surface area contributed by atoms with E-state index in [9.17, 15) is 4.79 Å². The van der Waals surface area contributed by atoms with Crippen LogP contribution in [0, 0.1) is 0 Å². The van der Waals surface area contributed by atoms with Gasteiger partial charge in [-0.15, -0.1) is 0 Å². The Bertz CT molecular complexity index is 705. The third kappa shape index (κ3) is 3.04. The van der Waals surface area contributed by atoms with Gasteiger partial charge in [-0.3, -0.25) is 4.79 Å². The Hall–Kier alpha value is -2.44. The van der Waals surface area contributed by atoms with Crippen LogP contribution in [0.4, 0.5) is 17.2 Å². The molecule has 0 aliphatic carbocycles. The molecule has 0 saturated carbocycles. The van der Waals surface area contributed by atoms with Crippen LogP contribution in [0.15, 0.2) is 36.5 Å². The van der Waals surface area contributed by atoms with Gasteiger partial charge in [0.05, 0.1) is 24.5 Å². The van der Waals surface area contributed by atoms with Gasteiger partial charge >= 0.3 is 0 Å². The second kappa shape index (κ2) is 6.76. The van der Waals surface area contributed by atoms with E-state index in [0.29, 0.717) is 13.2 Å². The topological polar surface area (TPSA) is 63.7 Å². The molecule has 6 heteroatoms. The molecule has 1 aliphatic rings. The summed E-state index contributed by atoms with van der Waals surface area (Å²) in [5.41, 5.74) is 3.57. The predicted octanol–water partition coefficient (Wildman–Crippen LogP) is 2.64. The molecule has 1 aliphatic heterocycles. The molecule has 1 aromatic carbocycles. The van der Waals surface area contributed by atoms with Crippen molar-refractivity contribution in [2.24, 2.45) is 0 Å². The summed E-state index contributed by atoms with van der Waals surface area (Å²) in [6, 6.07) is 9.68. The number of aromatic nitrogens is 1. The first-order valence-electron chi connectivity index (χ1n) is 7.35. The minimum Gasteiger partial charge on any atom is -0.382 e. The Labute approximate surface area is 135 Å². The number of nitrogens with one attached hydrogen (secondary N) is 1. The first-order valence-corrected chi connectivity index (χ1v) is 7.35. The van der Waals surface area contributed by atoms with Crippen molar-refractivity contribution < 1.29 is 14.3 Å². The maximum absolute atomic E-state index is 11.6. The quantitative estimate of drug-likeness (QED) is 0.860. The van der Waals surface area contributed by atoms with Gasteiger partial charge in [0, 0.05) is 26.0 Å². The molecule has 2 aromatic rings. The first kappa shape index (κ1) is 15.5. The van der Waals surface area contributed by atoms with Crippen LogP contribution in [0.25, 0.3) is 0 Å². The maximum atomic E-state index is 11.6. The zero-order valence-corrected chi connectivity index (χ0v) is 13.2. The number of amides is 1. The van der Waals surface area contributed by atoms with Crippen molar-refractivity contribution in [3.8, 4) is 0 Å². The van der Waals surface area contributed by atoms with Crippen LogP contribution in [0.3, 0.4) is 0 Å². The third-order valence-electron chi connectivity index (χ3n) is 3.92. The molecule has 0 radical (unpaired) electrons. The predicted molar refractivity (Wildman–Crippen MR) is 87.8 cm³/mol. The zero-order chi connectivity index (χ0) is 16.2. The van der Waals surface area contributed by atoms with Gasteiger partial charge in [-0.2, -0.15) is 0 Å². The van der Waals surface area contributed by atoms with Crippen LogP contribution in [-0.4, -0.2) is 32.2 Å². The van der Waals surface area contributed by atoms with E-state index in [-0.39, 0.29) is 6.10 Å². The number of rotatable bonds is 5. The van der Waals surface area contributed by atoms with Crippen LogP contribution >= 0.6 is 0 Å². The summed E-state index contributed by atoms with van der Waals surface area (Å²) in [5, 5.41) is 3.30. The second-order valence-electron chi connectivity index (χ2n) is 5.33. The number of ether oxygens (including phenoxy) is 2. The molecular formula is C17H19N3O3. The van der Waals surface area contributed by atoms with Crippen molar-refractivity contribution in [2.75, 3.05) is 31.0 Å². The molecule has 2 heterocycles. The van der Waals surface area contributed by atoms with E-state index in [1.807, 2.05) is 30.3 Å². The largest absolute Gasteiger partial charge is 0.382 e. The van der Waals surface area contributed by atoms with E-state index in [0.717, 1.165) is 34.7 Å². The third-order valence-corrected chi connectivity index (χ3v) is 3.92. The van der Waals surface area contributed by atoms with Gasteiger partial charge < -0.3 is 19.7 Å². The van der Waals surface area contributed by atoms with E-state index in [4.69, 9.17) is 9.47 Å². The van der Waals surface area contributed by atoms with Crippen LogP contribution < -0.4 is 10.2 Å². The minimum atomic E-state index is -0.178. The number of hydrogen-bond donors (Lipinski definition) is 1. The van der Waals surface area contributed by atoms with E-state index >= 15 is 0 Å². The van der Waals surface area contributed by atoms with Gasteiger partial charge in [0.15, 0.2) is 0 Å². The van der Waals surface area contributed by atoms with E-state index in [2.05, 4.69) is 10.3 Å². The number of methoxy groups -OCH3 is 2. The second-order valence-corrected chi connectivity index (χ2v) is 5.33. The molecule has 1 atom stereocenters. The Morgan fingerprint density at radius 1 is 1.39 bits per heavy atom. The van der Waals surface area contributed by atoms with Gasteiger partial charge in [0.25, 0.3) is 0 Å². The highest BCUT2D eigenvalue weighted by atomic mass is 16.5. The van der Waals surface area contributed by atoms with Crippen LogP contribution in [0.1, 0.15) is 17.2 Å². The van der Waals surface area contributed by atoms with Crippen molar-refractivity contribution in [3.05, 3.63) is 47.7 Å². The Morgan fingerprint density at radius 2 is 2.26 bits per heavy atom. The molecule has 0 saturated heterocycles. The standard InChI is InChI=1S/C17H19N3O3/c1-22-10-16(23-2)12-5-6-14-15(8-12)20(11-21)9-13-4-3-7-18-17(13)19-14/h3-8,11,16H,9-10H2,1-2H3,(H,18,19). The monoisotopic (exact) mass is 313 g/mol. The summed E-state index contributed by atoms with van der Waals surface area (Å²) in [7, 11) is 3.28. The number of carbonyl (C=O) groups is 1. The summed E-state index contributed by atoms with van der Waals surface area (Å²) in [5.74, 6) is 0.769. The molecule has 0 bridgehead atoms. The van der Waals surface area contributed by atoms with Crippen molar-refractivity contribution in [1.82, 2.24) is 4.98 Å². The molecule has 120 valence electrons. The number of fused-ring (bicyclic) bond motifs is 2. The zero-order valence-electron chi connectivity index (χ0n) is 13.2. The minimum absolute atomic E-state index is 0.178. The summed E-state index contributed by atoms with van der Waals surface area (Å²) >= 11 is 0. The van der Waals surface area contributed by atoms with Crippen molar-refractivity contribution in [2.45, 2.75) is 12.6 Å². The summed E-state index contributed by atoms with van der Waals surface area (Å²) in [4.78, 5) is 17.6. The highest BCUT2D eigenvalue weighted by Gasteiger charge is 2.21. The van der Waals surface area contributed by atoms with Gasteiger partial charge in [-0.25, -0.2) is 4.98 Å². The maximum Gasteiger partial charge on any atom is 0.214 e. The summed E-state index contributed by atoms with van der Waals surface area (Å²) in [6.45, 7) is 0.920. The normalized spacial score (nSPS) is 14.3. The molecule has 1 aromatic heterocycles. The van der Waals surface area contributed by atoms with Crippen molar-refractivity contribution >= 4 is 23.6 Å². The molecule has 0 fully saturated rings. The molecular weight excluding hydrogens is 294 g/mol. The van der Waals surface area contributed by atoms with Crippen molar-refractivity contribution in [1.29, 1.82) is 0 Å². The van der Waals surface area contributed by atoms with Crippen LogP contribution in [0.2, 0.25) is 0 Å². The van der Waals surface area contributed by atoms with Gasteiger partial charge in [-0.05, 0) is 23.8 Å². The molecule has 6 nitrogen and oxygen atoms in total. The number of carbonyl (C=O) groups excluding carboxylic acids is 1. The van der Waals surface area contributed by atoms with Gasteiger partial charge in [-0.1, -0.05) is 12.1 Å². The van der Waals surface area contributed by atoms with Gasteiger partial charge in [0.2, 0.25) is 6.41 Å². The molecule has 1 N–H and O–H groups in total. The van der Waals surface area contributed by atoms with Crippen LogP contribution in [0.5, 0.6) is 0 Å². The smallest absolute Gasteiger partial charge is 0.214 e. The lowest BCUT2D eigenvalue weighted by Gasteiger charge is -2.21. The number of anilines is 3. The lowest BCUT2D eigenvalue weighted by Crippen LogP contribution is -2.20. The SMILES string of the molecule is COCC(OC)c1ccc2c(c1)N(C=O)Cc1cccnc1N2. The molecule has 3 rings (SSSR count). The Kier molecular flexibility index (Phi) is 4.55. The van der Waals surface area contributed by atoms with Crippen LogP contribution in [-0.2, 0) is 20.8 Å². The van der Waals surface area contributed by atoms with E-state index in [1.165, 1.54) is 0 Å². The fraction of sp³-hybridized carbons (Fsp3) is 0.294.